The summed E-state index contributed by atoms with van der Waals surface area (Å²) < 4.78 is 43.0. The molecule has 2 heterocycles. The van der Waals surface area contributed by atoms with Gasteiger partial charge in [0.05, 0.1) is 20.9 Å². The second-order valence-electron chi connectivity index (χ2n) is 6.82. The fourth-order valence-electron chi connectivity index (χ4n) is 2.92. The highest BCUT2D eigenvalue weighted by molar-refractivity contribution is 9.10. The molecule has 1 saturated carbocycles. The highest BCUT2D eigenvalue weighted by Crippen LogP contribution is 2.46. The number of halogens is 5. The molecule has 0 bridgehead atoms. The van der Waals surface area contributed by atoms with Gasteiger partial charge in [0.25, 0.3) is 0 Å². The van der Waals surface area contributed by atoms with Gasteiger partial charge in [0.2, 0.25) is 5.91 Å². The Morgan fingerprint density at radius 2 is 2.07 bits per heavy atom. The molecular weight excluding hydrogens is 463 g/mol. The summed E-state index contributed by atoms with van der Waals surface area (Å²) in [6, 6.07) is 0. The van der Waals surface area contributed by atoms with E-state index in [1.807, 2.05) is 13.1 Å². The van der Waals surface area contributed by atoms with Gasteiger partial charge >= 0.3 is 6.18 Å². The van der Waals surface area contributed by atoms with Crippen LogP contribution in [0.25, 0.3) is 0 Å². The van der Waals surface area contributed by atoms with Crippen molar-refractivity contribution < 1.29 is 18.0 Å². The minimum absolute atomic E-state index is 0.0440. The summed E-state index contributed by atoms with van der Waals surface area (Å²) in [5.74, 6) is -0.0938. The predicted molar refractivity (Wildman–Crippen MR) is 101 cm³/mol. The number of nitrogens with one attached hydrogen (secondary N) is 1. The number of alkyl halides is 3. The van der Waals surface area contributed by atoms with E-state index in [4.69, 9.17) is 11.6 Å². The highest BCUT2D eigenvalue weighted by Gasteiger charge is 2.41. The van der Waals surface area contributed by atoms with Crippen LogP contribution in [0.3, 0.4) is 0 Å². The van der Waals surface area contributed by atoms with Crippen molar-refractivity contribution in [2.75, 3.05) is 6.54 Å². The first-order valence-electron chi connectivity index (χ1n) is 8.96. The van der Waals surface area contributed by atoms with E-state index in [-0.39, 0.29) is 29.8 Å². The van der Waals surface area contributed by atoms with Gasteiger partial charge in [-0.3, -0.25) is 14.2 Å². The van der Waals surface area contributed by atoms with Crippen LogP contribution in [-0.4, -0.2) is 32.0 Å². The van der Waals surface area contributed by atoms with Crippen LogP contribution in [-0.2, 0) is 24.1 Å². The Morgan fingerprint density at radius 1 is 1.36 bits per heavy atom. The first kappa shape index (κ1) is 21.2. The number of carbonyl (C=O) groups is 1. The zero-order chi connectivity index (χ0) is 20.5. The van der Waals surface area contributed by atoms with Crippen LogP contribution < -0.4 is 5.32 Å². The average molecular weight is 483 g/mol. The second-order valence-corrected chi connectivity index (χ2v) is 8.05. The first-order chi connectivity index (χ1) is 13.2. The van der Waals surface area contributed by atoms with Gasteiger partial charge in [-0.05, 0) is 42.1 Å². The number of amides is 1. The molecule has 0 radical (unpaired) electrons. The molecule has 1 aliphatic carbocycles. The van der Waals surface area contributed by atoms with Crippen LogP contribution >= 0.6 is 27.5 Å². The number of rotatable bonds is 8. The third-order valence-electron chi connectivity index (χ3n) is 4.49. The molecule has 0 aliphatic heterocycles. The maximum atomic E-state index is 13.0. The topological polar surface area (TPSA) is 64.7 Å². The lowest BCUT2D eigenvalue weighted by Gasteiger charge is -2.08. The van der Waals surface area contributed by atoms with E-state index >= 15 is 0 Å². The molecule has 0 atom stereocenters. The normalized spacial score (nSPS) is 14.5. The van der Waals surface area contributed by atoms with Crippen LogP contribution in [0.2, 0.25) is 5.02 Å². The van der Waals surface area contributed by atoms with E-state index in [9.17, 15) is 18.0 Å². The van der Waals surface area contributed by atoms with Gasteiger partial charge in [-0.2, -0.15) is 23.4 Å². The molecule has 3 rings (SSSR count). The Kier molecular flexibility index (Phi) is 6.38. The van der Waals surface area contributed by atoms with Crippen LogP contribution in [0.4, 0.5) is 13.2 Å². The lowest BCUT2D eigenvalue weighted by molar-refractivity contribution is -0.141. The first-order valence-corrected chi connectivity index (χ1v) is 10.1. The summed E-state index contributed by atoms with van der Waals surface area (Å²) in [6.45, 7) is 2.94. The number of aromatic nitrogens is 4. The van der Waals surface area contributed by atoms with E-state index in [1.165, 1.54) is 4.68 Å². The summed E-state index contributed by atoms with van der Waals surface area (Å²) in [6.07, 6.45) is -0.382. The molecule has 6 nitrogen and oxygen atoms in total. The third kappa shape index (κ3) is 5.08. The van der Waals surface area contributed by atoms with Crippen molar-refractivity contribution in [1.82, 2.24) is 24.9 Å². The minimum Gasteiger partial charge on any atom is -0.356 e. The molecule has 1 N–H and O–H groups in total. The maximum absolute atomic E-state index is 13.0. The van der Waals surface area contributed by atoms with Crippen molar-refractivity contribution in [3.05, 3.63) is 32.8 Å². The van der Waals surface area contributed by atoms with Crippen LogP contribution in [0.1, 0.15) is 48.7 Å². The minimum atomic E-state index is -4.57. The Morgan fingerprint density at radius 3 is 2.64 bits per heavy atom. The quantitative estimate of drug-likeness (QED) is 0.571. The summed E-state index contributed by atoms with van der Waals surface area (Å²) in [4.78, 5) is 11.9. The lowest BCUT2D eigenvalue weighted by Crippen LogP contribution is -2.26. The fraction of sp³-hybridized carbons (Fsp3) is 0.588. The van der Waals surface area contributed by atoms with Crippen molar-refractivity contribution in [2.45, 2.75) is 57.8 Å². The molecule has 2 aromatic heterocycles. The van der Waals surface area contributed by atoms with Gasteiger partial charge in [-0.25, -0.2) is 0 Å². The van der Waals surface area contributed by atoms with Crippen LogP contribution in [0.15, 0.2) is 10.7 Å². The number of aryl methyl sites for hydroxylation is 3. The molecule has 154 valence electrons. The Bertz CT molecular complexity index is 840. The monoisotopic (exact) mass is 481 g/mol. The van der Waals surface area contributed by atoms with E-state index < -0.39 is 11.9 Å². The Labute approximate surface area is 173 Å². The van der Waals surface area contributed by atoms with E-state index in [1.54, 1.807) is 4.68 Å². The summed E-state index contributed by atoms with van der Waals surface area (Å²) >= 11 is 9.30. The largest absolute Gasteiger partial charge is 0.436 e. The highest BCUT2D eigenvalue weighted by atomic mass is 79.9. The standard InChI is InChI=1S/C17H20BrClF3N5O/c1-10-12(18)9-26(24-10)8-5-13(28)23-6-2-7-27-15(11-3-4-11)14(19)16(25-27)17(20,21)22/h9,11H,2-8H2,1H3,(H,23,28). The van der Waals surface area contributed by atoms with Gasteiger partial charge in [-0.1, -0.05) is 11.6 Å². The van der Waals surface area contributed by atoms with Crippen molar-refractivity contribution in [3.8, 4) is 0 Å². The molecule has 0 spiro atoms. The summed E-state index contributed by atoms with van der Waals surface area (Å²) in [5.41, 5.74) is 0.281. The Hall–Kier alpha value is -1.55. The molecule has 1 amide bonds. The van der Waals surface area contributed by atoms with E-state index in [0.29, 0.717) is 25.2 Å². The average Bonchev–Trinajstić information content (AvgIpc) is 3.31. The Balaban J connectivity index is 1.48. The smallest absolute Gasteiger partial charge is 0.356 e. The van der Waals surface area contributed by atoms with E-state index in [2.05, 4.69) is 31.4 Å². The second kappa shape index (κ2) is 8.44. The van der Waals surface area contributed by atoms with Crippen molar-refractivity contribution in [2.24, 2.45) is 0 Å². The molecule has 1 aliphatic rings. The molecule has 11 heteroatoms. The molecule has 1 fully saturated rings. The van der Waals surface area contributed by atoms with Gasteiger partial charge in [0.15, 0.2) is 5.69 Å². The molecule has 2 aromatic rings. The molecule has 0 aromatic carbocycles. The van der Waals surface area contributed by atoms with Crippen molar-refractivity contribution >= 4 is 33.4 Å². The van der Waals surface area contributed by atoms with Gasteiger partial charge in [-0.15, -0.1) is 0 Å². The van der Waals surface area contributed by atoms with Crippen LogP contribution in [0, 0.1) is 6.92 Å². The zero-order valence-electron chi connectivity index (χ0n) is 15.2. The molecule has 0 unspecified atom stereocenters. The van der Waals surface area contributed by atoms with Gasteiger partial charge in [0.1, 0.15) is 0 Å². The summed E-state index contributed by atoms with van der Waals surface area (Å²) in [7, 11) is 0. The summed E-state index contributed by atoms with van der Waals surface area (Å²) in [5, 5.41) is 10.4. The predicted octanol–water partition coefficient (Wildman–Crippen LogP) is 4.30. The van der Waals surface area contributed by atoms with E-state index in [0.717, 1.165) is 23.0 Å². The fourth-order valence-corrected chi connectivity index (χ4v) is 3.63. The number of carbonyl (C=O) groups excluding carboxylic acids is 1. The number of hydrogen-bond acceptors (Lipinski definition) is 3. The molecular formula is C17H20BrClF3N5O. The maximum Gasteiger partial charge on any atom is 0.436 e. The molecule has 0 saturated heterocycles. The number of nitrogens with zero attached hydrogens (tertiary/aromatic N) is 4. The lowest BCUT2D eigenvalue weighted by atomic mass is 10.2. The third-order valence-corrected chi connectivity index (χ3v) is 5.64. The van der Waals surface area contributed by atoms with Gasteiger partial charge in [0, 0.05) is 38.2 Å². The van der Waals surface area contributed by atoms with Crippen molar-refractivity contribution in [1.29, 1.82) is 0 Å². The van der Waals surface area contributed by atoms with Crippen molar-refractivity contribution in [3.63, 3.8) is 0 Å². The molecule has 28 heavy (non-hydrogen) atoms. The zero-order valence-corrected chi connectivity index (χ0v) is 17.5. The number of hydrogen-bond donors (Lipinski definition) is 1. The van der Waals surface area contributed by atoms with Crippen LogP contribution in [0.5, 0.6) is 0 Å². The SMILES string of the molecule is Cc1nn(CCC(=O)NCCCn2nc(C(F)(F)F)c(Cl)c2C2CC2)cc1Br. The van der Waals surface area contributed by atoms with Gasteiger partial charge < -0.3 is 5.32 Å².